The van der Waals surface area contributed by atoms with E-state index in [9.17, 15) is 22.0 Å². The highest BCUT2D eigenvalue weighted by molar-refractivity contribution is 5.93. The molecule has 0 atom stereocenters. The van der Waals surface area contributed by atoms with E-state index in [1.54, 1.807) is 0 Å². The monoisotopic (exact) mass is 324 g/mol. The van der Waals surface area contributed by atoms with Gasteiger partial charge in [0.15, 0.2) is 5.82 Å². The molecule has 1 aromatic heterocycles. The fourth-order valence-corrected chi connectivity index (χ4v) is 2.27. The Kier molecular flexibility index (Phi) is 3.63. The predicted molar refractivity (Wildman–Crippen MR) is 76.4 cm³/mol. The van der Waals surface area contributed by atoms with E-state index >= 15 is 0 Å². The molecule has 23 heavy (non-hydrogen) atoms. The van der Waals surface area contributed by atoms with Crippen LogP contribution in [-0.2, 0) is 6.18 Å². The summed E-state index contributed by atoms with van der Waals surface area (Å²) in [5, 5.41) is 2.64. The van der Waals surface area contributed by atoms with Crippen molar-refractivity contribution in [1.29, 1.82) is 0 Å². The van der Waals surface area contributed by atoms with Crippen LogP contribution >= 0.6 is 0 Å². The zero-order valence-electron chi connectivity index (χ0n) is 11.5. The molecule has 1 heterocycles. The Hall–Kier alpha value is -2.70. The van der Waals surface area contributed by atoms with Crippen molar-refractivity contribution in [2.75, 3.05) is 5.32 Å². The summed E-state index contributed by atoms with van der Waals surface area (Å²) in [5.41, 5.74) is -1.08. The zero-order chi connectivity index (χ0) is 16.6. The molecule has 0 unspecified atom stereocenters. The predicted octanol–water partition coefficient (Wildman–Crippen LogP) is 5.28. The van der Waals surface area contributed by atoms with Crippen molar-refractivity contribution in [3.05, 3.63) is 65.9 Å². The molecule has 118 valence electrons. The molecule has 0 bridgehead atoms. The summed E-state index contributed by atoms with van der Waals surface area (Å²) >= 11 is 0. The van der Waals surface area contributed by atoms with Gasteiger partial charge in [-0.3, -0.25) is 4.98 Å². The number of halogens is 5. The molecule has 0 saturated carbocycles. The van der Waals surface area contributed by atoms with E-state index in [1.807, 2.05) is 0 Å². The summed E-state index contributed by atoms with van der Waals surface area (Å²) in [5.74, 6) is -1.72. The highest BCUT2D eigenvalue weighted by Crippen LogP contribution is 2.37. The van der Waals surface area contributed by atoms with Gasteiger partial charge < -0.3 is 5.32 Å². The number of nitrogens with zero attached hydrogens (tertiary/aromatic N) is 1. The Bertz CT molecular complexity index is 874. The Balaban J connectivity index is 2.14. The number of para-hydroxylation sites is 1. The molecular formula is C16H9F5N2. The number of nitrogens with one attached hydrogen (secondary N) is 1. The minimum absolute atomic E-state index is 0.0574. The van der Waals surface area contributed by atoms with Crippen LogP contribution in [0.15, 0.2) is 48.7 Å². The summed E-state index contributed by atoms with van der Waals surface area (Å²) in [4.78, 5) is 3.79. The van der Waals surface area contributed by atoms with E-state index < -0.39 is 23.4 Å². The molecule has 0 aliphatic carbocycles. The first-order chi connectivity index (χ1) is 10.9. The first kappa shape index (κ1) is 15.2. The summed E-state index contributed by atoms with van der Waals surface area (Å²) < 4.78 is 66.2. The van der Waals surface area contributed by atoms with E-state index in [0.717, 1.165) is 12.1 Å². The standard InChI is InChI=1S/C16H9F5N2/c17-9-7-10-13(5-6-22-15(10)12(18)8-9)23-14-4-2-1-3-11(14)16(19,20)21/h1-8H,(H,22,23). The second kappa shape index (κ2) is 5.49. The van der Waals surface area contributed by atoms with E-state index in [1.165, 1.54) is 30.5 Å². The fourth-order valence-electron chi connectivity index (χ4n) is 2.27. The lowest BCUT2D eigenvalue weighted by molar-refractivity contribution is -0.136. The first-order valence-electron chi connectivity index (χ1n) is 6.53. The molecule has 3 rings (SSSR count). The van der Waals surface area contributed by atoms with Crippen molar-refractivity contribution in [1.82, 2.24) is 4.98 Å². The lowest BCUT2D eigenvalue weighted by Crippen LogP contribution is -2.08. The van der Waals surface area contributed by atoms with Gasteiger partial charge in [-0.2, -0.15) is 13.2 Å². The van der Waals surface area contributed by atoms with Crippen molar-refractivity contribution < 1.29 is 22.0 Å². The Morgan fingerprint density at radius 1 is 0.913 bits per heavy atom. The average Bonchev–Trinajstić information content (AvgIpc) is 2.47. The fraction of sp³-hybridized carbons (Fsp3) is 0.0625. The molecule has 2 nitrogen and oxygen atoms in total. The highest BCUT2D eigenvalue weighted by Gasteiger charge is 2.33. The van der Waals surface area contributed by atoms with Gasteiger partial charge in [-0.05, 0) is 24.3 Å². The van der Waals surface area contributed by atoms with E-state index in [2.05, 4.69) is 10.3 Å². The second-order valence-corrected chi connectivity index (χ2v) is 4.81. The number of alkyl halides is 3. The third-order valence-electron chi connectivity index (χ3n) is 3.26. The number of rotatable bonds is 2. The van der Waals surface area contributed by atoms with Crippen molar-refractivity contribution in [3.63, 3.8) is 0 Å². The van der Waals surface area contributed by atoms with Crippen LogP contribution in [0.3, 0.4) is 0 Å². The summed E-state index contributed by atoms with van der Waals surface area (Å²) in [7, 11) is 0. The second-order valence-electron chi connectivity index (χ2n) is 4.81. The molecule has 3 aromatic rings. The van der Waals surface area contributed by atoms with Crippen LogP contribution in [0.25, 0.3) is 10.9 Å². The number of benzene rings is 2. The van der Waals surface area contributed by atoms with Crippen LogP contribution in [0.2, 0.25) is 0 Å². The summed E-state index contributed by atoms with van der Waals surface area (Å²) in [6.07, 6.45) is -3.31. The van der Waals surface area contributed by atoms with Gasteiger partial charge in [0.1, 0.15) is 11.3 Å². The smallest absolute Gasteiger partial charge is 0.354 e. The summed E-state index contributed by atoms with van der Waals surface area (Å²) in [6, 6.07) is 7.90. The van der Waals surface area contributed by atoms with Crippen LogP contribution in [0.4, 0.5) is 33.3 Å². The number of aromatic nitrogens is 1. The maximum atomic E-state index is 13.7. The van der Waals surface area contributed by atoms with Crippen molar-refractivity contribution in [2.24, 2.45) is 0 Å². The molecule has 2 aromatic carbocycles. The lowest BCUT2D eigenvalue weighted by atomic mass is 10.1. The zero-order valence-corrected chi connectivity index (χ0v) is 11.5. The molecule has 0 fully saturated rings. The topological polar surface area (TPSA) is 24.9 Å². The molecular weight excluding hydrogens is 315 g/mol. The highest BCUT2D eigenvalue weighted by atomic mass is 19.4. The van der Waals surface area contributed by atoms with Gasteiger partial charge in [-0.25, -0.2) is 8.78 Å². The van der Waals surface area contributed by atoms with Gasteiger partial charge in [0.05, 0.1) is 11.3 Å². The van der Waals surface area contributed by atoms with Crippen LogP contribution in [0.1, 0.15) is 5.56 Å². The molecule has 0 saturated heterocycles. The molecule has 7 heteroatoms. The van der Waals surface area contributed by atoms with Crippen LogP contribution < -0.4 is 5.32 Å². The Labute approximate surface area is 127 Å². The SMILES string of the molecule is Fc1cc(F)c2nccc(Nc3ccccc3C(F)(F)F)c2c1. The molecule has 0 aliphatic heterocycles. The first-order valence-corrected chi connectivity index (χ1v) is 6.53. The largest absolute Gasteiger partial charge is 0.418 e. The van der Waals surface area contributed by atoms with Gasteiger partial charge in [-0.15, -0.1) is 0 Å². The number of hydrogen-bond acceptors (Lipinski definition) is 2. The lowest BCUT2D eigenvalue weighted by Gasteiger charge is -2.15. The molecule has 0 aliphatic rings. The summed E-state index contributed by atoms with van der Waals surface area (Å²) in [6.45, 7) is 0. The average molecular weight is 324 g/mol. The number of anilines is 2. The minimum atomic E-state index is -4.55. The van der Waals surface area contributed by atoms with E-state index in [-0.39, 0.29) is 22.3 Å². The van der Waals surface area contributed by atoms with Crippen molar-refractivity contribution >= 4 is 22.3 Å². The van der Waals surface area contributed by atoms with Crippen LogP contribution in [0.5, 0.6) is 0 Å². The van der Waals surface area contributed by atoms with Gasteiger partial charge in [-0.1, -0.05) is 12.1 Å². The van der Waals surface area contributed by atoms with Gasteiger partial charge in [0.25, 0.3) is 0 Å². The van der Waals surface area contributed by atoms with Crippen molar-refractivity contribution in [3.8, 4) is 0 Å². The molecule has 0 amide bonds. The number of hydrogen-bond donors (Lipinski definition) is 1. The normalized spacial score (nSPS) is 11.7. The van der Waals surface area contributed by atoms with Crippen molar-refractivity contribution in [2.45, 2.75) is 6.18 Å². The minimum Gasteiger partial charge on any atom is -0.354 e. The molecule has 1 N–H and O–H groups in total. The Morgan fingerprint density at radius 2 is 1.65 bits per heavy atom. The van der Waals surface area contributed by atoms with E-state index in [4.69, 9.17) is 0 Å². The van der Waals surface area contributed by atoms with Gasteiger partial charge in [0.2, 0.25) is 0 Å². The number of pyridine rings is 1. The van der Waals surface area contributed by atoms with E-state index in [0.29, 0.717) is 6.07 Å². The Morgan fingerprint density at radius 3 is 2.39 bits per heavy atom. The molecule has 0 spiro atoms. The third-order valence-corrected chi connectivity index (χ3v) is 3.26. The quantitative estimate of drug-likeness (QED) is 0.649. The van der Waals surface area contributed by atoms with Gasteiger partial charge >= 0.3 is 6.18 Å². The number of fused-ring (bicyclic) bond motifs is 1. The van der Waals surface area contributed by atoms with Crippen LogP contribution in [-0.4, -0.2) is 4.98 Å². The molecule has 0 radical (unpaired) electrons. The maximum Gasteiger partial charge on any atom is 0.418 e. The maximum absolute atomic E-state index is 13.7. The van der Waals surface area contributed by atoms with Gasteiger partial charge in [0, 0.05) is 23.3 Å². The third kappa shape index (κ3) is 2.94. The van der Waals surface area contributed by atoms with Crippen LogP contribution in [0, 0.1) is 11.6 Å².